The summed E-state index contributed by atoms with van der Waals surface area (Å²) in [7, 11) is 1.39. The number of hydrogen-bond donors (Lipinski definition) is 0. The molecule has 1 saturated heterocycles. The number of ether oxygens (including phenoxy) is 3. The lowest BCUT2D eigenvalue weighted by molar-refractivity contribution is -0.187. The molecule has 31 heavy (non-hydrogen) atoms. The standard InChI is InChI=1S/C23H30INO5S/c1-14-4-6-16(7-5-14)21(26)25(18-12-19(24)31-20(18)22(27)28-3)17-8-10-23(11-9-17)29-13-15(2)30-23/h4,12,15-17H,5-11,13H2,1-3H3/t15-,16-,17?,23?/m0/s1. The Morgan fingerprint density at radius 2 is 2.03 bits per heavy atom. The lowest BCUT2D eigenvalue weighted by Crippen LogP contribution is -2.49. The zero-order valence-corrected chi connectivity index (χ0v) is 21.3. The van der Waals surface area contributed by atoms with Crippen LogP contribution in [0.25, 0.3) is 0 Å². The Kier molecular flexibility index (Phi) is 7.10. The number of thiophene rings is 1. The Bertz CT molecular complexity index is 873. The minimum Gasteiger partial charge on any atom is -0.465 e. The summed E-state index contributed by atoms with van der Waals surface area (Å²) < 4.78 is 18.1. The summed E-state index contributed by atoms with van der Waals surface area (Å²) in [4.78, 5) is 28.8. The highest BCUT2D eigenvalue weighted by molar-refractivity contribution is 14.1. The van der Waals surface area contributed by atoms with Crippen molar-refractivity contribution in [1.29, 1.82) is 0 Å². The summed E-state index contributed by atoms with van der Waals surface area (Å²) in [6.45, 7) is 4.78. The van der Waals surface area contributed by atoms with Gasteiger partial charge in [0.1, 0.15) is 4.88 Å². The Balaban J connectivity index is 1.63. The van der Waals surface area contributed by atoms with E-state index < -0.39 is 5.79 Å². The second-order valence-electron chi connectivity index (χ2n) is 8.87. The number of esters is 1. The van der Waals surface area contributed by atoms with Gasteiger partial charge in [0.15, 0.2) is 5.79 Å². The van der Waals surface area contributed by atoms with Crippen LogP contribution in [0.4, 0.5) is 5.69 Å². The minimum atomic E-state index is -0.510. The van der Waals surface area contributed by atoms with Crippen molar-refractivity contribution in [3.05, 3.63) is 25.5 Å². The molecule has 2 atom stereocenters. The maximum Gasteiger partial charge on any atom is 0.350 e. The van der Waals surface area contributed by atoms with Crippen LogP contribution in [0.3, 0.4) is 0 Å². The highest BCUT2D eigenvalue weighted by Crippen LogP contribution is 2.43. The van der Waals surface area contributed by atoms with E-state index in [0.717, 1.165) is 47.8 Å². The number of halogens is 1. The van der Waals surface area contributed by atoms with E-state index in [1.165, 1.54) is 24.0 Å². The highest BCUT2D eigenvalue weighted by atomic mass is 127. The molecule has 0 bridgehead atoms. The summed E-state index contributed by atoms with van der Waals surface area (Å²) in [5.41, 5.74) is 2.04. The fourth-order valence-electron chi connectivity index (χ4n) is 4.92. The zero-order valence-electron chi connectivity index (χ0n) is 18.3. The molecule has 0 aromatic carbocycles. The van der Waals surface area contributed by atoms with E-state index in [4.69, 9.17) is 14.2 Å². The molecular formula is C23H30INO5S. The van der Waals surface area contributed by atoms with Gasteiger partial charge in [0.2, 0.25) is 5.91 Å². The molecule has 2 aliphatic carbocycles. The Hall–Kier alpha value is -0.970. The summed E-state index contributed by atoms with van der Waals surface area (Å²) in [5.74, 6) is -0.834. The van der Waals surface area contributed by atoms with Crippen molar-refractivity contribution in [1.82, 2.24) is 0 Å². The third kappa shape index (κ3) is 4.86. The van der Waals surface area contributed by atoms with Gasteiger partial charge in [-0.1, -0.05) is 11.6 Å². The molecule has 8 heteroatoms. The number of rotatable bonds is 4. The van der Waals surface area contributed by atoms with Gasteiger partial charge >= 0.3 is 5.97 Å². The summed E-state index contributed by atoms with van der Waals surface area (Å²) in [5, 5.41) is 0. The lowest BCUT2D eigenvalue weighted by Gasteiger charge is -2.41. The quantitative estimate of drug-likeness (QED) is 0.285. The molecule has 0 N–H and O–H groups in total. The average Bonchev–Trinajstić information content (AvgIpc) is 3.32. The first-order chi connectivity index (χ1) is 14.8. The molecule has 6 nitrogen and oxygen atoms in total. The van der Waals surface area contributed by atoms with Crippen LogP contribution in [-0.4, -0.2) is 43.5 Å². The van der Waals surface area contributed by atoms with Gasteiger partial charge in [-0.2, -0.15) is 0 Å². The van der Waals surface area contributed by atoms with Crippen molar-refractivity contribution >= 4 is 51.5 Å². The summed E-state index contributed by atoms with van der Waals surface area (Å²) in [6.07, 6.45) is 7.93. The van der Waals surface area contributed by atoms with Crippen molar-refractivity contribution in [2.75, 3.05) is 18.6 Å². The number of anilines is 1. The smallest absolute Gasteiger partial charge is 0.350 e. The van der Waals surface area contributed by atoms with Gasteiger partial charge in [-0.15, -0.1) is 11.3 Å². The zero-order chi connectivity index (χ0) is 22.2. The van der Waals surface area contributed by atoms with Crippen LogP contribution in [0.1, 0.15) is 68.5 Å². The first kappa shape index (κ1) is 23.2. The SMILES string of the molecule is COC(=O)c1sc(I)cc1N(C(=O)[C@H]1CC=C(C)CC1)C1CCC2(CC1)OC[C@H](C)O2. The number of carbonyl (C=O) groups is 2. The van der Waals surface area contributed by atoms with Gasteiger partial charge in [0, 0.05) is 24.8 Å². The monoisotopic (exact) mass is 559 g/mol. The van der Waals surface area contributed by atoms with Crippen molar-refractivity contribution in [3.63, 3.8) is 0 Å². The molecule has 1 amide bonds. The number of carbonyl (C=O) groups excluding carboxylic acids is 2. The molecule has 1 spiro atoms. The van der Waals surface area contributed by atoms with Crippen molar-refractivity contribution in [2.24, 2.45) is 5.92 Å². The molecule has 3 aliphatic rings. The largest absolute Gasteiger partial charge is 0.465 e. The fourth-order valence-corrected chi connectivity index (χ4v) is 6.67. The Morgan fingerprint density at radius 1 is 1.29 bits per heavy atom. The van der Waals surface area contributed by atoms with Gasteiger partial charge in [-0.05, 0) is 74.6 Å². The van der Waals surface area contributed by atoms with Crippen LogP contribution >= 0.6 is 33.9 Å². The van der Waals surface area contributed by atoms with Crippen LogP contribution in [0, 0.1) is 8.80 Å². The second kappa shape index (κ2) is 9.49. The van der Waals surface area contributed by atoms with E-state index in [9.17, 15) is 9.59 Å². The number of hydrogen-bond acceptors (Lipinski definition) is 6. The molecule has 0 radical (unpaired) electrons. The van der Waals surface area contributed by atoms with Crippen molar-refractivity contribution in [3.8, 4) is 0 Å². The van der Waals surface area contributed by atoms with Gasteiger partial charge in [0.05, 0.1) is 28.4 Å². The number of methoxy groups -OCH3 is 1. The van der Waals surface area contributed by atoms with Crippen molar-refractivity contribution in [2.45, 2.75) is 76.7 Å². The van der Waals surface area contributed by atoms with Crippen LogP contribution < -0.4 is 4.90 Å². The predicted molar refractivity (Wildman–Crippen MR) is 128 cm³/mol. The number of amides is 1. The molecule has 1 aromatic heterocycles. The van der Waals surface area contributed by atoms with Crippen LogP contribution in [-0.2, 0) is 19.0 Å². The topological polar surface area (TPSA) is 65.1 Å². The maximum atomic E-state index is 13.8. The average molecular weight is 559 g/mol. The number of allylic oxidation sites excluding steroid dienone is 2. The molecule has 2 heterocycles. The number of nitrogens with zero attached hydrogens (tertiary/aromatic N) is 1. The van der Waals surface area contributed by atoms with Gasteiger partial charge in [0.25, 0.3) is 0 Å². The molecule has 2 fully saturated rings. The summed E-state index contributed by atoms with van der Waals surface area (Å²) >= 11 is 3.59. The molecule has 1 saturated carbocycles. The third-order valence-corrected chi connectivity index (χ3v) is 8.48. The Labute approximate surface area is 201 Å². The third-order valence-electron chi connectivity index (χ3n) is 6.62. The molecule has 0 unspecified atom stereocenters. The normalized spacial score (nSPS) is 30.8. The van der Waals surface area contributed by atoms with Gasteiger partial charge in [-0.25, -0.2) is 4.79 Å². The summed E-state index contributed by atoms with van der Waals surface area (Å²) in [6, 6.07) is 1.97. The first-order valence-corrected chi connectivity index (χ1v) is 12.9. The van der Waals surface area contributed by atoms with Gasteiger partial charge in [-0.3, -0.25) is 4.79 Å². The predicted octanol–water partition coefficient (Wildman–Crippen LogP) is 5.29. The Morgan fingerprint density at radius 3 is 2.61 bits per heavy atom. The molecular weight excluding hydrogens is 529 g/mol. The van der Waals surface area contributed by atoms with Crippen LogP contribution in [0.5, 0.6) is 0 Å². The minimum absolute atomic E-state index is 0.0158. The van der Waals surface area contributed by atoms with E-state index in [-0.39, 0.29) is 29.9 Å². The van der Waals surface area contributed by atoms with E-state index in [1.807, 2.05) is 17.9 Å². The van der Waals surface area contributed by atoms with E-state index in [1.54, 1.807) is 0 Å². The lowest BCUT2D eigenvalue weighted by atomic mass is 9.85. The van der Waals surface area contributed by atoms with Crippen molar-refractivity contribution < 1.29 is 23.8 Å². The van der Waals surface area contributed by atoms with E-state index in [0.29, 0.717) is 17.2 Å². The first-order valence-electron chi connectivity index (χ1n) is 11.0. The van der Waals surface area contributed by atoms with Crippen LogP contribution in [0.15, 0.2) is 17.7 Å². The van der Waals surface area contributed by atoms with Gasteiger partial charge < -0.3 is 19.1 Å². The molecule has 1 aromatic rings. The van der Waals surface area contributed by atoms with E-state index in [2.05, 4.69) is 35.6 Å². The van der Waals surface area contributed by atoms with Crippen LogP contribution in [0.2, 0.25) is 0 Å². The molecule has 4 rings (SSSR count). The fraction of sp³-hybridized carbons (Fsp3) is 0.652. The van der Waals surface area contributed by atoms with E-state index >= 15 is 0 Å². The highest BCUT2D eigenvalue weighted by Gasteiger charge is 2.46. The molecule has 1 aliphatic heterocycles. The maximum absolute atomic E-state index is 13.8. The second-order valence-corrected chi connectivity index (χ2v) is 11.8. The molecule has 170 valence electrons.